The predicted molar refractivity (Wildman–Crippen MR) is 103 cm³/mol. The first-order valence-corrected chi connectivity index (χ1v) is 9.00. The summed E-state index contributed by atoms with van der Waals surface area (Å²) < 4.78 is 0. The lowest BCUT2D eigenvalue weighted by Gasteiger charge is -2.56. The Kier molecular flexibility index (Phi) is 3.96. The molecule has 2 aliphatic carbocycles. The van der Waals surface area contributed by atoms with Gasteiger partial charge in [0.1, 0.15) is 0 Å². The Balaban J connectivity index is 2.80. The second-order valence-corrected chi connectivity index (χ2v) is 8.88. The molecule has 0 nitrogen and oxygen atoms in total. The van der Waals surface area contributed by atoms with Gasteiger partial charge < -0.3 is 0 Å². The number of allylic oxidation sites excluding steroid dienone is 8. The first-order chi connectivity index (χ1) is 10.3. The van der Waals surface area contributed by atoms with Gasteiger partial charge in [0.25, 0.3) is 0 Å². The lowest BCUT2D eigenvalue weighted by Crippen LogP contribution is -2.49. The molecule has 0 heterocycles. The third-order valence-corrected chi connectivity index (χ3v) is 8.88. The van der Waals surface area contributed by atoms with Crippen molar-refractivity contribution in [3.8, 4) is 0 Å². The van der Waals surface area contributed by atoms with Crippen LogP contribution in [0.3, 0.4) is 0 Å². The van der Waals surface area contributed by atoms with E-state index in [0.717, 1.165) is 0 Å². The first kappa shape index (κ1) is 18.3. The molecule has 0 amide bonds. The molecule has 0 aromatic carbocycles. The fourth-order valence-electron chi connectivity index (χ4n) is 5.56. The van der Waals surface area contributed by atoms with E-state index < -0.39 is 0 Å². The van der Waals surface area contributed by atoms with Gasteiger partial charge in [-0.25, -0.2) is 0 Å². The van der Waals surface area contributed by atoms with E-state index in [1.54, 1.807) is 22.3 Å². The van der Waals surface area contributed by atoms with E-state index in [9.17, 15) is 0 Å². The summed E-state index contributed by atoms with van der Waals surface area (Å²) in [7, 11) is 0. The second-order valence-electron chi connectivity index (χ2n) is 8.88. The van der Waals surface area contributed by atoms with E-state index in [-0.39, 0.29) is 16.2 Å². The van der Waals surface area contributed by atoms with Crippen LogP contribution >= 0.6 is 0 Å². The van der Waals surface area contributed by atoms with Crippen LogP contribution < -0.4 is 0 Å². The van der Waals surface area contributed by atoms with Gasteiger partial charge in [-0.1, -0.05) is 50.0 Å². The molecular formula is C23H36. The molecule has 0 radical (unpaired) electrons. The fraction of sp³-hybridized carbons (Fsp3) is 0.652. The topological polar surface area (TPSA) is 0 Å². The average molecular weight is 313 g/mol. The van der Waals surface area contributed by atoms with Gasteiger partial charge >= 0.3 is 0 Å². The lowest BCUT2D eigenvalue weighted by atomic mass is 9.47. The van der Waals surface area contributed by atoms with Crippen LogP contribution in [0, 0.1) is 16.2 Å². The molecular weight excluding hydrogens is 276 g/mol. The van der Waals surface area contributed by atoms with E-state index >= 15 is 0 Å². The van der Waals surface area contributed by atoms with Gasteiger partial charge in [-0.2, -0.15) is 0 Å². The molecule has 0 saturated heterocycles. The van der Waals surface area contributed by atoms with Crippen LogP contribution in [-0.4, -0.2) is 0 Å². The SMILES string of the molecule is CC1=C(C)C(C)(C(C)(C)C2(C)C(C)=C(C)C(C)=C2C)C(C)=C1C. The number of hydrogen-bond acceptors (Lipinski definition) is 0. The first-order valence-electron chi connectivity index (χ1n) is 9.00. The summed E-state index contributed by atoms with van der Waals surface area (Å²) in [5.74, 6) is 0. The van der Waals surface area contributed by atoms with Crippen LogP contribution in [0.1, 0.15) is 83.1 Å². The quantitative estimate of drug-likeness (QED) is 0.498. The molecule has 0 atom stereocenters. The Morgan fingerprint density at radius 3 is 0.826 bits per heavy atom. The Hall–Kier alpha value is -1.04. The van der Waals surface area contributed by atoms with Crippen molar-refractivity contribution in [2.24, 2.45) is 16.2 Å². The Morgan fingerprint density at radius 2 is 0.652 bits per heavy atom. The maximum atomic E-state index is 2.49. The highest BCUT2D eigenvalue weighted by atomic mass is 14.6. The van der Waals surface area contributed by atoms with Gasteiger partial charge in [0.2, 0.25) is 0 Å². The van der Waals surface area contributed by atoms with E-state index in [2.05, 4.69) is 83.1 Å². The molecule has 0 heteroatoms. The van der Waals surface area contributed by atoms with Crippen molar-refractivity contribution >= 4 is 0 Å². The van der Waals surface area contributed by atoms with Crippen LogP contribution in [0.15, 0.2) is 44.6 Å². The number of hydrogen-bond donors (Lipinski definition) is 0. The van der Waals surface area contributed by atoms with Crippen LogP contribution in [0.4, 0.5) is 0 Å². The van der Waals surface area contributed by atoms with E-state index in [0.29, 0.717) is 0 Å². The second kappa shape index (κ2) is 4.98. The molecule has 2 aliphatic rings. The molecule has 2 rings (SSSR count). The lowest BCUT2D eigenvalue weighted by molar-refractivity contribution is 0.0584. The van der Waals surface area contributed by atoms with Crippen LogP contribution in [0.25, 0.3) is 0 Å². The van der Waals surface area contributed by atoms with Crippen LogP contribution in [0.2, 0.25) is 0 Å². The van der Waals surface area contributed by atoms with Crippen LogP contribution in [0.5, 0.6) is 0 Å². The van der Waals surface area contributed by atoms with Crippen molar-refractivity contribution in [1.29, 1.82) is 0 Å². The van der Waals surface area contributed by atoms with Gasteiger partial charge in [0.05, 0.1) is 0 Å². The summed E-state index contributed by atoms with van der Waals surface area (Å²) in [5.41, 5.74) is 12.5. The molecule has 128 valence electrons. The van der Waals surface area contributed by atoms with Crippen LogP contribution in [-0.2, 0) is 0 Å². The number of rotatable bonds is 2. The van der Waals surface area contributed by atoms with Crippen molar-refractivity contribution in [3.63, 3.8) is 0 Å². The van der Waals surface area contributed by atoms with Gasteiger partial charge in [0.15, 0.2) is 0 Å². The van der Waals surface area contributed by atoms with Crippen molar-refractivity contribution in [2.45, 2.75) is 83.1 Å². The molecule has 0 spiro atoms. The molecule has 0 saturated carbocycles. The summed E-state index contributed by atoms with van der Waals surface area (Å²) in [6.45, 7) is 28.6. The maximum Gasteiger partial charge on any atom is 0.0161 e. The van der Waals surface area contributed by atoms with E-state index in [4.69, 9.17) is 0 Å². The Morgan fingerprint density at radius 1 is 0.478 bits per heavy atom. The minimum atomic E-state index is 0.101. The molecule has 0 unspecified atom stereocenters. The molecule has 0 bridgehead atoms. The smallest absolute Gasteiger partial charge is 0.0161 e. The van der Waals surface area contributed by atoms with Gasteiger partial charge in [-0.05, 0) is 83.1 Å². The summed E-state index contributed by atoms with van der Waals surface area (Å²) >= 11 is 0. The highest BCUT2D eigenvalue weighted by Gasteiger charge is 2.59. The predicted octanol–water partition coefficient (Wildman–Crippen LogP) is 7.40. The third-order valence-electron chi connectivity index (χ3n) is 8.88. The highest BCUT2D eigenvalue weighted by molar-refractivity contribution is 5.57. The van der Waals surface area contributed by atoms with Crippen molar-refractivity contribution in [1.82, 2.24) is 0 Å². The van der Waals surface area contributed by atoms with Crippen molar-refractivity contribution < 1.29 is 0 Å². The van der Waals surface area contributed by atoms with Gasteiger partial charge in [-0.15, -0.1) is 0 Å². The Labute approximate surface area is 144 Å². The summed E-state index contributed by atoms with van der Waals surface area (Å²) in [4.78, 5) is 0. The zero-order valence-electron chi connectivity index (χ0n) is 17.5. The zero-order chi connectivity index (χ0) is 18.1. The minimum absolute atomic E-state index is 0.101. The molecule has 0 aromatic heterocycles. The monoisotopic (exact) mass is 312 g/mol. The standard InChI is InChI=1S/C23H36/c1-13-14(2)18(6)22(11,17(13)5)21(9,10)23(12)19(7)15(3)16(4)20(23)8/h1-12H3. The highest BCUT2D eigenvalue weighted by Crippen LogP contribution is 2.68. The van der Waals surface area contributed by atoms with E-state index in [1.807, 2.05) is 0 Å². The van der Waals surface area contributed by atoms with Gasteiger partial charge in [0, 0.05) is 10.8 Å². The maximum absolute atomic E-state index is 2.49. The molecule has 0 aromatic rings. The molecule has 0 N–H and O–H groups in total. The average Bonchev–Trinajstić information content (AvgIpc) is 2.76. The minimum Gasteiger partial charge on any atom is -0.0596 e. The summed E-state index contributed by atoms with van der Waals surface area (Å²) in [5, 5.41) is 0. The van der Waals surface area contributed by atoms with Crippen molar-refractivity contribution in [2.75, 3.05) is 0 Å². The molecule has 0 aliphatic heterocycles. The summed E-state index contributed by atoms with van der Waals surface area (Å²) in [6.07, 6.45) is 0. The fourth-order valence-corrected chi connectivity index (χ4v) is 5.56. The van der Waals surface area contributed by atoms with E-state index in [1.165, 1.54) is 22.3 Å². The zero-order valence-corrected chi connectivity index (χ0v) is 17.5. The van der Waals surface area contributed by atoms with Crippen molar-refractivity contribution in [3.05, 3.63) is 44.6 Å². The summed E-state index contributed by atoms with van der Waals surface area (Å²) in [6, 6.07) is 0. The molecule has 0 fully saturated rings. The molecule has 23 heavy (non-hydrogen) atoms. The normalized spacial score (nSPS) is 24.5. The largest absolute Gasteiger partial charge is 0.0596 e. The Bertz CT molecular complexity index is 590. The third kappa shape index (κ3) is 1.79. The van der Waals surface area contributed by atoms with Gasteiger partial charge in [-0.3, -0.25) is 0 Å².